The molecule has 24 heavy (non-hydrogen) atoms. The third kappa shape index (κ3) is 3.17. The van der Waals surface area contributed by atoms with Gasteiger partial charge in [0.25, 0.3) is 5.91 Å². The molecule has 3 aromatic rings. The molecule has 1 N–H and O–H groups in total. The number of nitrogens with zero attached hydrogens (tertiary/aromatic N) is 3. The Hall–Kier alpha value is -3.02. The fourth-order valence-corrected chi connectivity index (χ4v) is 2.46. The van der Waals surface area contributed by atoms with E-state index in [1.54, 1.807) is 25.1 Å². The molecule has 0 saturated carbocycles. The number of aryl methyl sites for hydroxylation is 1. The maximum absolute atomic E-state index is 13.9. The Morgan fingerprint density at radius 1 is 1.17 bits per heavy atom. The molecule has 2 aromatic heterocycles. The van der Waals surface area contributed by atoms with Crippen molar-refractivity contribution in [1.82, 2.24) is 20.1 Å². The van der Waals surface area contributed by atoms with Crippen LogP contribution in [0.25, 0.3) is 5.69 Å². The predicted octanol–water partition coefficient (Wildman–Crippen LogP) is 2.95. The van der Waals surface area contributed by atoms with Gasteiger partial charge in [-0.1, -0.05) is 18.2 Å². The predicted molar refractivity (Wildman–Crippen MR) is 88.4 cm³/mol. The minimum Gasteiger partial charge on any atom is -0.346 e. The van der Waals surface area contributed by atoms with E-state index in [-0.39, 0.29) is 11.7 Å². The van der Waals surface area contributed by atoms with E-state index in [2.05, 4.69) is 15.4 Å². The average Bonchev–Trinajstić information content (AvgIpc) is 2.95. The molecule has 1 amide bonds. The molecule has 6 heteroatoms. The normalized spacial score (nSPS) is 10.6. The summed E-state index contributed by atoms with van der Waals surface area (Å²) in [6, 6.07) is 12.0. The summed E-state index contributed by atoms with van der Waals surface area (Å²) in [4.78, 5) is 16.7. The molecule has 0 fully saturated rings. The Labute approximate surface area is 139 Å². The second-order valence-electron chi connectivity index (χ2n) is 5.46. The van der Waals surface area contributed by atoms with Gasteiger partial charge in [0.05, 0.1) is 29.7 Å². The zero-order valence-electron chi connectivity index (χ0n) is 13.5. The van der Waals surface area contributed by atoms with Gasteiger partial charge in [-0.05, 0) is 38.1 Å². The number of carbonyl (C=O) groups excluding carboxylic acids is 1. The molecule has 122 valence electrons. The standard InChI is InChI=1S/C18H17FN4O/c1-12-6-5-7-14(22-12)10-20-18(24)15-11-21-23(13(15)2)17-9-4-3-8-16(17)19/h3-9,11H,10H2,1-2H3,(H,20,24). The molecular weight excluding hydrogens is 307 g/mol. The smallest absolute Gasteiger partial charge is 0.255 e. The van der Waals surface area contributed by atoms with Crippen LogP contribution in [0, 0.1) is 19.7 Å². The molecule has 0 aliphatic heterocycles. The van der Waals surface area contributed by atoms with Gasteiger partial charge in [-0.2, -0.15) is 5.10 Å². The number of rotatable bonds is 4. The first kappa shape index (κ1) is 15.9. The Morgan fingerprint density at radius 2 is 1.96 bits per heavy atom. The number of pyridine rings is 1. The van der Waals surface area contributed by atoms with Crippen molar-refractivity contribution in [2.45, 2.75) is 20.4 Å². The first-order valence-electron chi connectivity index (χ1n) is 7.56. The molecule has 0 bridgehead atoms. The average molecular weight is 324 g/mol. The maximum Gasteiger partial charge on any atom is 0.255 e. The summed E-state index contributed by atoms with van der Waals surface area (Å²) in [7, 11) is 0. The first-order chi connectivity index (χ1) is 11.6. The van der Waals surface area contributed by atoms with Crippen molar-refractivity contribution in [1.29, 1.82) is 0 Å². The summed E-state index contributed by atoms with van der Waals surface area (Å²) in [5, 5.41) is 6.95. The summed E-state index contributed by atoms with van der Waals surface area (Å²) >= 11 is 0. The lowest BCUT2D eigenvalue weighted by molar-refractivity contribution is 0.0949. The van der Waals surface area contributed by atoms with E-state index in [9.17, 15) is 9.18 Å². The molecule has 0 unspecified atom stereocenters. The first-order valence-corrected chi connectivity index (χ1v) is 7.56. The van der Waals surface area contributed by atoms with Crippen LogP contribution in [-0.4, -0.2) is 20.7 Å². The Bertz CT molecular complexity index is 888. The van der Waals surface area contributed by atoms with Crippen molar-refractivity contribution < 1.29 is 9.18 Å². The quantitative estimate of drug-likeness (QED) is 0.803. The van der Waals surface area contributed by atoms with Gasteiger partial charge < -0.3 is 5.32 Å². The number of hydrogen-bond acceptors (Lipinski definition) is 3. The van der Waals surface area contributed by atoms with Crippen molar-refractivity contribution in [2.24, 2.45) is 0 Å². The van der Waals surface area contributed by atoms with Crippen LogP contribution in [-0.2, 0) is 6.54 Å². The minimum absolute atomic E-state index is 0.265. The van der Waals surface area contributed by atoms with Gasteiger partial charge in [0, 0.05) is 5.69 Å². The summed E-state index contributed by atoms with van der Waals surface area (Å²) < 4.78 is 15.3. The van der Waals surface area contributed by atoms with Crippen LogP contribution in [0.1, 0.15) is 27.4 Å². The summed E-state index contributed by atoms with van der Waals surface area (Å²) in [5.41, 5.74) is 2.97. The molecule has 0 aliphatic carbocycles. The van der Waals surface area contributed by atoms with E-state index in [0.29, 0.717) is 23.5 Å². The number of para-hydroxylation sites is 1. The number of aromatic nitrogens is 3. The van der Waals surface area contributed by atoms with Crippen molar-refractivity contribution in [3.05, 3.63) is 77.1 Å². The fraction of sp³-hybridized carbons (Fsp3) is 0.167. The number of halogens is 1. The molecule has 0 atom stereocenters. The van der Waals surface area contributed by atoms with Crippen LogP contribution < -0.4 is 5.32 Å². The molecule has 3 rings (SSSR count). The van der Waals surface area contributed by atoms with E-state index >= 15 is 0 Å². The molecule has 0 radical (unpaired) electrons. The van der Waals surface area contributed by atoms with Gasteiger partial charge in [-0.25, -0.2) is 9.07 Å². The molecule has 0 saturated heterocycles. The zero-order valence-corrected chi connectivity index (χ0v) is 13.5. The Morgan fingerprint density at radius 3 is 2.71 bits per heavy atom. The summed E-state index contributed by atoms with van der Waals surface area (Å²) in [5.74, 6) is -0.655. The largest absolute Gasteiger partial charge is 0.346 e. The van der Waals surface area contributed by atoms with Gasteiger partial charge in [0.1, 0.15) is 11.5 Å². The van der Waals surface area contributed by atoms with Gasteiger partial charge in [-0.15, -0.1) is 0 Å². The van der Waals surface area contributed by atoms with Crippen LogP contribution in [0.5, 0.6) is 0 Å². The summed E-state index contributed by atoms with van der Waals surface area (Å²) in [6.07, 6.45) is 1.45. The minimum atomic E-state index is -0.389. The number of nitrogens with one attached hydrogen (secondary N) is 1. The maximum atomic E-state index is 13.9. The second kappa shape index (κ2) is 6.62. The van der Waals surface area contributed by atoms with Crippen LogP contribution in [0.4, 0.5) is 4.39 Å². The number of benzene rings is 1. The highest BCUT2D eigenvalue weighted by Crippen LogP contribution is 2.17. The van der Waals surface area contributed by atoms with Gasteiger partial charge >= 0.3 is 0 Å². The number of hydrogen-bond donors (Lipinski definition) is 1. The SMILES string of the molecule is Cc1cccc(CNC(=O)c2cnn(-c3ccccc3F)c2C)n1. The van der Waals surface area contributed by atoms with Gasteiger partial charge in [-0.3, -0.25) is 9.78 Å². The number of amides is 1. The van der Waals surface area contributed by atoms with Crippen LogP contribution >= 0.6 is 0 Å². The molecule has 0 spiro atoms. The van der Waals surface area contributed by atoms with Crippen LogP contribution in [0.15, 0.2) is 48.7 Å². The highest BCUT2D eigenvalue weighted by atomic mass is 19.1. The topological polar surface area (TPSA) is 59.8 Å². The third-order valence-corrected chi connectivity index (χ3v) is 3.71. The molecule has 1 aromatic carbocycles. The number of carbonyl (C=O) groups is 1. The zero-order chi connectivity index (χ0) is 17.1. The lowest BCUT2D eigenvalue weighted by Crippen LogP contribution is -2.24. The fourth-order valence-electron chi connectivity index (χ4n) is 2.46. The second-order valence-corrected chi connectivity index (χ2v) is 5.46. The highest BCUT2D eigenvalue weighted by molar-refractivity contribution is 5.95. The lowest BCUT2D eigenvalue weighted by Gasteiger charge is -2.07. The van der Waals surface area contributed by atoms with Crippen molar-refractivity contribution in [3.63, 3.8) is 0 Å². The van der Waals surface area contributed by atoms with E-state index in [1.807, 2.05) is 25.1 Å². The van der Waals surface area contributed by atoms with Crippen molar-refractivity contribution >= 4 is 5.91 Å². The Balaban J connectivity index is 1.78. The molecule has 0 aliphatic rings. The van der Waals surface area contributed by atoms with E-state index in [1.165, 1.54) is 16.9 Å². The van der Waals surface area contributed by atoms with Crippen molar-refractivity contribution in [3.8, 4) is 5.69 Å². The van der Waals surface area contributed by atoms with E-state index < -0.39 is 0 Å². The van der Waals surface area contributed by atoms with Gasteiger partial charge in [0.15, 0.2) is 0 Å². The molecule has 5 nitrogen and oxygen atoms in total. The monoisotopic (exact) mass is 324 g/mol. The lowest BCUT2D eigenvalue weighted by atomic mass is 10.2. The van der Waals surface area contributed by atoms with Crippen LogP contribution in [0.3, 0.4) is 0 Å². The van der Waals surface area contributed by atoms with E-state index in [0.717, 1.165) is 11.4 Å². The summed E-state index contributed by atoms with van der Waals surface area (Å²) in [6.45, 7) is 3.96. The Kier molecular flexibility index (Phi) is 4.37. The van der Waals surface area contributed by atoms with E-state index in [4.69, 9.17) is 0 Å². The van der Waals surface area contributed by atoms with Crippen LogP contribution in [0.2, 0.25) is 0 Å². The van der Waals surface area contributed by atoms with Crippen molar-refractivity contribution in [2.75, 3.05) is 0 Å². The molecule has 2 heterocycles. The van der Waals surface area contributed by atoms with Gasteiger partial charge in [0.2, 0.25) is 0 Å². The molecular formula is C18H17FN4O. The highest BCUT2D eigenvalue weighted by Gasteiger charge is 2.16. The third-order valence-electron chi connectivity index (χ3n) is 3.71.